The molecule has 0 aliphatic heterocycles. The summed E-state index contributed by atoms with van der Waals surface area (Å²) in [6.07, 6.45) is 4.69. The van der Waals surface area contributed by atoms with Gasteiger partial charge in [-0.2, -0.15) is 0 Å². The molecule has 2 rings (SSSR count). The molecular formula is C13H14FN3. The fraction of sp³-hybridized carbons (Fsp3) is 0.231. The van der Waals surface area contributed by atoms with Gasteiger partial charge in [-0.1, -0.05) is 6.07 Å². The highest BCUT2D eigenvalue weighted by Crippen LogP contribution is 2.24. The number of nitrogens with one attached hydrogen (secondary N) is 1. The molecule has 1 unspecified atom stereocenters. The number of rotatable bonds is 3. The van der Waals surface area contributed by atoms with E-state index in [9.17, 15) is 4.39 Å². The van der Waals surface area contributed by atoms with E-state index >= 15 is 0 Å². The predicted octanol–water partition coefficient (Wildman–Crippen LogP) is 2.56. The Morgan fingerprint density at radius 1 is 1.29 bits per heavy atom. The standard InChI is InChI=1S/C13H14FN3/c1-9(15-2)10-3-4-12(14)11(7-10)13-8-16-5-6-17-13/h3-9,15H,1-2H3. The van der Waals surface area contributed by atoms with E-state index in [1.165, 1.54) is 6.07 Å². The monoisotopic (exact) mass is 231 g/mol. The van der Waals surface area contributed by atoms with Crippen LogP contribution in [0.4, 0.5) is 4.39 Å². The van der Waals surface area contributed by atoms with Gasteiger partial charge in [-0.25, -0.2) is 4.39 Å². The van der Waals surface area contributed by atoms with Gasteiger partial charge in [0.15, 0.2) is 0 Å². The molecule has 17 heavy (non-hydrogen) atoms. The summed E-state index contributed by atoms with van der Waals surface area (Å²) in [7, 11) is 1.87. The average Bonchev–Trinajstić information content (AvgIpc) is 2.39. The Labute approximate surface area is 99.7 Å². The maximum Gasteiger partial charge on any atom is 0.132 e. The zero-order valence-electron chi connectivity index (χ0n) is 9.81. The van der Waals surface area contributed by atoms with E-state index in [0.29, 0.717) is 11.3 Å². The molecule has 0 saturated heterocycles. The molecule has 1 aromatic heterocycles. The molecule has 0 saturated carbocycles. The molecule has 1 atom stereocenters. The van der Waals surface area contributed by atoms with Gasteiger partial charge in [0.2, 0.25) is 0 Å². The first-order valence-electron chi connectivity index (χ1n) is 5.45. The number of halogens is 1. The summed E-state index contributed by atoms with van der Waals surface area (Å²) >= 11 is 0. The van der Waals surface area contributed by atoms with Crippen molar-refractivity contribution in [3.8, 4) is 11.3 Å². The summed E-state index contributed by atoms with van der Waals surface area (Å²) in [5, 5.41) is 3.12. The summed E-state index contributed by atoms with van der Waals surface area (Å²) in [5.74, 6) is -0.280. The van der Waals surface area contributed by atoms with Crippen LogP contribution in [0.1, 0.15) is 18.5 Å². The number of benzene rings is 1. The highest BCUT2D eigenvalue weighted by Gasteiger charge is 2.10. The Morgan fingerprint density at radius 3 is 2.76 bits per heavy atom. The van der Waals surface area contributed by atoms with E-state index in [1.807, 2.05) is 14.0 Å². The molecule has 88 valence electrons. The average molecular weight is 231 g/mol. The lowest BCUT2D eigenvalue weighted by molar-refractivity contribution is 0.621. The van der Waals surface area contributed by atoms with Crippen molar-refractivity contribution in [1.29, 1.82) is 0 Å². The van der Waals surface area contributed by atoms with Crippen LogP contribution in [0, 0.1) is 5.82 Å². The van der Waals surface area contributed by atoms with Crippen LogP contribution >= 0.6 is 0 Å². The predicted molar refractivity (Wildman–Crippen MR) is 64.9 cm³/mol. The van der Waals surface area contributed by atoms with Gasteiger partial charge in [-0.3, -0.25) is 9.97 Å². The van der Waals surface area contributed by atoms with Crippen LogP contribution in [0.3, 0.4) is 0 Å². The third-order valence-corrected chi connectivity index (χ3v) is 2.76. The van der Waals surface area contributed by atoms with Crippen molar-refractivity contribution in [2.75, 3.05) is 7.05 Å². The topological polar surface area (TPSA) is 37.8 Å². The Bertz CT molecular complexity index is 499. The smallest absolute Gasteiger partial charge is 0.132 e. The zero-order chi connectivity index (χ0) is 12.3. The van der Waals surface area contributed by atoms with Crippen LogP contribution in [0.15, 0.2) is 36.8 Å². The second-order valence-corrected chi connectivity index (χ2v) is 3.84. The molecule has 1 N–H and O–H groups in total. The van der Waals surface area contributed by atoms with Gasteiger partial charge in [0.05, 0.1) is 11.9 Å². The maximum absolute atomic E-state index is 13.7. The van der Waals surface area contributed by atoms with Gasteiger partial charge in [0.1, 0.15) is 5.82 Å². The van der Waals surface area contributed by atoms with Gasteiger partial charge < -0.3 is 5.32 Å². The lowest BCUT2D eigenvalue weighted by Gasteiger charge is -2.12. The Kier molecular flexibility index (Phi) is 3.44. The normalized spacial score (nSPS) is 12.4. The van der Waals surface area contributed by atoms with Crippen LogP contribution in [0.5, 0.6) is 0 Å². The maximum atomic E-state index is 13.7. The van der Waals surface area contributed by atoms with E-state index in [2.05, 4.69) is 15.3 Å². The van der Waals surface area contributed by atoms with Gasteiger partial charge in [0.25, 0.3) is 0 Å². The molecule has 1 aromatic carbocycles. The Hall–Kier alpha value is -1.81. The van der Waals surface area contributed by atoms with Crippen molar-refractivity contribution in [1.82, 2.24) is 15.3 Å². The molecule has 3 nitrogen and oxygen atoms in total. The van der Waals surface area contributed by atoms with Crippen molar-refractivity contribution in [2.24, 2.45) is 0 Å². The summed E-state index contributed by atoms with van der Waals surface area (Å²) < 4.78 is 13.7. The third-order valence-electron chi connectivity index (χ3n) is 2.76. The molecular weight excluding hydrogens is 217 g/mol. The molecule has 1 heterocycles. The van der Waals surface area contributed by atoms with Crippen molar-refractivity contribution in [3.05, 3.63) is 48.2 Å². The molecule has 0 aliphatic carbocycles. The van der Waals surface area contributed by atoms with E-state index < -0.39 is 0 Å². The summed E-state index contributed by atoms with van der Waals surface area (Å²) in [6, 6.07) is 5.22. The summed E-state index contributed by atoms with van der Waals surface area (Å²) in [5.41, 5.74) is 2.06. The number of hydrogen-bond acceptors (Lipinski definition) is 3. The van der Waals surface area contributed by atoms with Gasteiger partial charge >= 0.3 is 0 Å². The van der Waals surface area contributed by atoms with E-state index in [4.69, 9.17) is 0 Å². The first-order valence-corrected chi connectivity index (χ1v) is 5.45. The quantitative estimate of drug-likeness (QED) is 0.882. The number of aromatic nitrogens is 2. The van der Waals surface area contributed by atoms with Crippen LogP contribution in [0.2, 0.25) is 0 Å². The first-order chi connectivity index (χ1) is 8.22. The lowest BCUT2D eigenvalue weighted by Crippen LogP contribution is -2.12. The lowest BCUT2D eigenvalue weighted by atomic mass is 10.0. The van der Waals surface area contributed by atoms with E-state index in [1.54, 1.807) is 30.7 Å². The number of nitrogens with zero attached hydrogens (tertiary/aromatic N) is 2. The molecule has 0 bridgehead atoms. The molecule has 0 amide bonds. The van der Waals surface area contributed by atoms with Crippen molar-refractivity contribution >= 4 is 0 Å². The third kappa shape index (κ3) is 2.47. The van der Waals surface area contributed by atoms with Gasteiger partial charge in [-0.15, -0.1) is 0 Å². The van der Waals surface area contributed by atoms with Crippen LogP contribution in [-0.4, -0.2) is 17.0 Å². The molecule has 0 radical (unpaired) electrons. The van der Waals surface area contributed by atoms with Gasteiger partial charge in [0, 0.05) is 24.0 Å². The van der Waals surface area contributed by atoms with Crippen molar-refractivity contribution in [3.63, 3.8) is 0 Å². The Balaban J connectivity index is 2.47. The fourth-order valence-corrected chi connectivity index (χ4v) is 1.61. The van der Waals surface area contributed by atoms with Crippen molar-refractivity contribution in [2.45, 2.75) is 13.0 Å². The first kappa shape index (κ1) is 11.7. The number of hydrogen-bond donors (Lipinski definition) is 1. The highest BCUT2D eigenvalue weighted by molar-refractivity contribution is 5.60. The van der Waals surface area contributed by atoms with Crippen LogP contribution in [-0.2, 0) is 0 Å². The van der Waals surface area contributed by atoms with Crippen LogP contribution < -0.4 is 5.32 Å². The van der Waals surface area contributed by atoms with Gasteiger partial charge in [-0.05, 0) is 31.7 Å². The minimum Gasteiger partial charge on any atom is -0.313 e. The largest absolute Gasteiger partial charge is 0.313 e. The minimum absolute atomic E-state index is 0.172. The molecule has 0 aliphatic rings. The second-order valence-electron chi connectivity index (χ2n) is 3.84. The summed E-state index contributed by atoms with van der Waals surface area (Å²) in [4.78, 5) is 8.07. The van der Waals surface area contributed by atoms with Crippen LogP contribution in [0.25, 0.3) is 11.3 Å². The molecule has 2 aromatic rings. The summed E-state index contributed by atoms with van der Waals surface area (Å²) in [6.45, 7) is 2.02. The highest BCUT2D eigenvalue weighted by atomic mass is 19.1. The van der Waals surface area contributed by atoms with Crippen molar-refractivity contribution < 1.29 is 4.39 Å². The Morgan fingerprint density at radius 2 is 2.12 bits per heavy atom. The van der Waals surface area contributed by atoms with E-state index in [-0.39, 0.29) is 11.9 Å². The SMILES string of the molecule is CNC(C)c1ccc(F)c(-c2cnccn2)c1. The molecule has 0 fully saturated rings. The van der Waals surface area contributed by atoms with E-state index in [0.717, 1.165) is 5.56 Å². The fourth-order valence-electron chi connectivity index (χ4n) is 1.61. The molecule has 4 heteroatoms. The minimum atomic E-state index is -0.280. The molecule has 0 spiro atoms. The zero-order valence-corrected chi connectivity index (χ0v) is 9.81. The second kappa shape index (κ2) is 5.01.